The number of oxazole rings is 1. The number of hydrogen-bond donors (Lipinski definition) is 0. The first-order chi connectivity index (χ1) is 27.7. The van der Waals surface area contributed by atoms with Crippen LogP contribution < -0.4 is 0 Å². The Labute approximate surface area is 322 Å². The van der Waals surface area contributed by atoms with Crippen LogP contribution in [0.4, 0.5) is 0 Å². The van der Waals surface area contributed by atoms with Crippen LogP contribution in [0.2, 0.25) is 0 Å². The average molecular weight is 718 g/mol. The molecule has 0 saturated heterocycles. The summed E-state index contributed by atoms with van der Waals surface area (Å²) in [5, 5.41) is 4.37. The van der Waals surface area contributed by atoms with Crippen LogP contribution >= 0.6 is 0 Å². The lowest BCUT2D eigenvalue weighted by Crippen LogP contribution is -2.01. The maximum Gasteiger partial charge on any atom is 0.227 e. The fourth-order valence-electron chi connectivity index (χ4n) is 7.83. The maximum atomic E-state index is 6.55. The minimum Gasteiger partial charge on any atom is -0.435 e. The van der Waals surface area contributed by atoms with E-state index in [-0.39, 0.29) is 0 Å². The van der Waals surface area contributed by atoms with Crippen LogP contribution in [0.25, 0.3) is 106 Å². The fraction of sp³-hybridized carbons (Fsp3) is 0. The third kappa shape index (κ3) is 5.35. The van der Waals surface area contributed by atoms with E-state index in [2.05, 4.69) is 144 Å². The van der Waals surface area contributed by atoms with Gasteiger partial charge in [-0.05, 0) is 77.2 Å². The number of hydrogen-bond acceptors (Lipinski definition) is 5. The molecule has 0 aliphatic heterocycles. The van der Waals surface area contributed by atoms with Gasteiger partial charge in [0.25, 0.3) is 0 Å². The van der Waals surface area contributed by atoms with E-state index in [0.717, 1.165) is 66.4 Å². The zero-order valence-electron chi connectivity index (χ0n) is 30.0. The molecule has 0 bridgehead atoms. The standard InChI is InChI=1S/C50H31N5O/c1-3-13-32(14-4-1)36-18-11-19-37(31-36)48-52-47(34-25-28-38(29-26-34)55-43-23-9-7-20-39(43)40-21-8-10-24-44(40)55)53-49(54-48)41-22-12-17-33-27-30-42-46(45(33)41)56-50(51-42)35-15-5-2-6-16-35/h1-31H. The van der Waals surface area contributed by atoms with Crippen LogP contribution in [0.15, 0.2) is 192 Å². The van der Waals surface area contributed by atoms with E-state index in [1.165, 1.54) is 10.8 Å². The Bertz CT molecular complexity index is 3190. The second kappa shape index (κ2) is 13.0. The van der Waals surface area contributed by atoms with Crippen LogP contribution in [-0.4, -0.2) is 24.5 Å². The normalized spacial score (nSPS) is 11.6. The van der Waals surface area contributed by atoms with Gasteiger partial charge in [0.15, 0.2) is 23.1 Å². The molecule has 0 amide bonds. The Morgan fingerprint density at radius 2 is 0.982 bits per heavy atom. The number of para-hydroxylation sites is 2. The lowest BCUT2D eigenvalue weighted by Gasteiger charge is -2.12. The monoisotopic (exact) mass is 717 g/mol. The first-order valence-electron chi connectivity index (χ1n) is 18.6. The molecule has 3 heterocycles. The molecule has 3 aromatic heterocycles. The first kappa shape index (κ1) is 31.8. The molecule has 0 aliphatic rings. The van der Waals surface area contributed by atoms with E-state index in [9.17, 15) is 0 Å². The van der Waals surface area contributed by atoms with Crippen molar-refractivity contribution in [2.75, 3.05) is 0 Å². The lowest BCUT2D eigenvalue weighted by molar-refractivity contribution is 0.623. The summed E-state index contributed by atoms with van der Waals surface area (Å²) < 4.78 is 8.86. The van der Waals surface area contributed by atoms with Gasteiger partial charge in [-0.15, -0.1) is 0 Å². The van der Waals surface area contributed by atoms with Gasteiger partial charge in [-0.25, -0.2) is 19.9 Å². The van der Waals surface area contributed by atoms with Gasteiger partial charge in [0.1, 0.15) is 5.52 Å². The molecule has 6 nitrogen and oxygen atoms in total. The minimum atomic E-state index is 0.553. The topological polar surface area (TPSA) is 69.6 Å². The first-order valence-corrected chi connectivity index (χ1v) is 18.6. The van der Waals surface area contributed by atoms with E-state index < -0.39 is 0 Å². The second-order valence-electron chi connectivity index (χ2n) is 13.9. The molecule has 0 spiro atoms. The lowest BCUT2D eigenvalue weighted by atomic mass is 10.0. The Kier molecular flexibility index (Phi) is 7.38. The fourth-order valence-corrected chi connectivity index (χ4v) is 7.83. The summed E-state index contributed by atoms with van der Waals surface area (Å²) in [6.07, 6.45) is 0. The van der Waals surface area contributed by atoms with Gasteiger partial charge < -0.3 is 8.98 Å². The maximum absolute atomic E-state index is 6.55. The molecular formula is C50H31N5O. The zero-order chi connectivity index (χ0) is 37.0. The molecule has 0 saturated carbocycles. The molecule has 0 atom stereocenters. The number of nitrogens with zero attached hydrogens (tertiary/aromatic N) is 5. The van der Waals surface area contributed by atoms with Gasteiger partial charge in [0, 0.05) is 44.1 Å². The van der Waals surface area contributed by atoms with E-state index >= 15 is 0 Å². The molecule has 262 valence electrons. The van der Waals surface area contributed by atoms with Crippen molar-refractivity contribution < 1.29 is 4.42 Å². The van der Waals surface area contributed by atoms with Crippen molar-refractivity contribution in [3.63, 3.8) is 0 Å². The molecule has 8 aromatic carbocycles. The largest absolute Gasteiger partial charge is 0.435 e. The Hall–Kier alpha value is -7.70. The minimum absolute atomic E-state index is 0.553. The van der Waals surface area contributed by atoms with Crippen molar-refractivity contribution in [2.45, 2.75) is 0 Å². The second-order valence-corrected chi connectivity index (χ2v) is 13.9. The molecule has 0 aliphatic carbocycles. The Morgan fingerprint density at radius 1 is 0.393 bits per heavy atom. The molecule has 0 fully saturated rings. The zero-order valence-corrected chi connectivity index (χ0v) is 30.0. The highest BCUT2D eigenvalue weighted by molar-refractivity contribution is 6.11. The van der Waals surface area contributed by atoms with Gasteiger partial charge in [-0.1, -0.05) is 127 Å². The highest BCUT2D eigenvalue weighted by Crippen LogP contribution is 2.38. The molecule has 11 aromatic rings. The van der Waals surface area contributed by atoms with Crippen LogP contribution in [0.3, 0.4) is 0 Å². The molecule has 56 heavy (non-hydrogen) atoms. The van der Waals surface area contributed by atoms with E-state index in [4.69, 9.17) is 24.4 Å². The van der Waals surface area contributed by atoms with Crippen molar-refractivity contribution in [3.8, 4) is 62.4 Å². The highest BCUT2D eigenvalue weighted by Gasteiger charge is 2.19. The molecule has 0 N–H and O–H groups in total. The quantitative estimate of drug-likeness (QED) is 0.171. The third-order valence-electron chi connectivity index (χ3n) is 10.5. The van der Waals surface area contributed by atoms with Crippen molar-refractivity contribution in [2.24, 2.45) is 0 Å². The van der Waals surface area contributed by atoms with Crippen LogP contribution in [0, 0.1) is 0 Å². The summed E-state index contributed by atoms with van der Waals surface area (Å²) in [5.74, 6) is 2.29. The third-order valence-corrected chi connectivity index (χ3v) is 10.5. The van der Waals surface area contributed by atoms with Crippen molar-refractivity contribution >= 4 is 43.7 Å². The van der Waals surface area contributed by atoms with Crippen LogP contribution in [0.1, 0.15) is 0 Å². The highest BCUT2D eigenvalue weighted by atomic mass is 16.3. The average Bonchev–Trinajstić information content (AvgIpc) is 3.87. The molecular weight excluding hydrogens is 687 g/mol. The number of fused-ring (bicyclic) bond motifs is 6. The smallest absolute Gasteiger partial charge is 0.227 e. The van der Waals surface area contributed by atoms with Crippen molar-refractivity contribution in [3.05, 3.63) is 188 Å². The summed E-state index contributed by atoms with van der Waals surface area (Å²) in [6.45, 7) is 0. The van der Waals surface area contributed by atoms with E-state index in [1.54, 1.807) is 0 Å². The van der Waals surface area contributed by atoms with Crippen molar-refractivity contribution in [1.82, 2.24) is 24.5 Å². The predicted molar refractivity (Wildman–Crippen MR) is 226 cm³/mol. The summed E-state index contributed by atoms with van der Waals surface area (Å²) in [7, 11) is 0. The molecule has 0 radical (unpaired) electrons. The summed E-state index contributed by atoms with van der Waals surface area (Å²) in [6, 6.07) is 64.6. The van der Waals surface area contributed by atoms with Gasteiger partial charge in [-0.3, -0.25) is 0 Å². The van der Waals surface area contributed by atoms with Crippen LogP contribution in [0.5, 0.6) is 0 Å². The summed E-state index contributed by atoms with van der Waals surface area (Å²) in [5.41, 5.74) is 10.6. The van der Waals surface area contributed by atoms with E-state index in [1.807, 2.05) is 48.5 Å². The van der Waals surface area contributed by atoms with E-state index in [0.29, 0.717) is 28.9 Å². The molecule has 11 rings (SSSR count). The Balaban J connectivity index is 1.10. The summed E-state index contributed by atoms with van der Waals surface area (Å²) >= 11 is 0. The van der Waals surface area contributed by atoms with Gasteiger partial charge in [0.2, 0.25) is 5.89 Å². The number of rotatable bonds is 6. The molecule has 0 unspecified atom stereocenters. The van der Waals surface area contributed by atoms with Crippen LogP contribution in [-0.2, 0) is 0 Å². The van der Waals surface area contributed by atoms with Gasteiger partial charge >= 0.3 is 0 Å². The Morgan fingerprint density at radius 3 is 1.71 bits per heavy atom. The summed E-state index contributed by atoms with van der Waals surface area (Å²) in [4.78, 5) is 20.4. The van der Waals surface area contributed by atoms with Gasteiger partial charge in [-0.2, -0.15) is 0 Å². The van der Waals surface area contributed by atoms with Crippen molar-refractivity contribution in [1.29, 1.82) is 0 Å². The predicted octanol–water partition coefficient (Wildman–Crippen LogP) is 12.6. The molecule has 6 heteroatoms. The number of benzene rings is 8. The SMILES string of the molecule is c1ccc(-c2cccc(-c3nc(-c4ccc(-n5c6ccccc6c6ccccc65)cc4)nc(-c4cccc5ccc6nc(-c7ccccc7)oc6c45)n3)c2)cc1. The number of aromatic nitrogens is 5. The van der Waals surface area contributed by atoms with Gasteiger partial charge in [0.05, 0.1) is 11.0 Å².